The van der Waals surface area contributed by atoms with Gasteiger partial charge in [0.15, 0.2) is 0 Å². The van der Waals surface area contributed by atoms with Crippen LogP contribution >= 0.6 is 0 Å². The third kappa shape index (κ3) is 3.57. The highest BCUT2D eigenvalue weighted by Crippen LogP contribution is 2.46. The van der Waals surface area contributed by atoms with Crippen LogP contribution in [0, 0.1) is 11.8 Å². The van der Waals surface area contributed by atoms with Crippen LogP contribution in [-0.2, 0) is 4.79 Å². The first-order valence-corrected chi connectivity index (χ1v) is 10.4. The van der Waals surface area contributed by atoms with Crippen LogP contribution in [0.5, 0.6) is 0 Å². The Kier molecular flexibility index (Phi) is 6.03. The molecular weight excluding hydrogens is 314 g/mol. The monoisotopic (exact) mass is 349 g/mol. The van der Waals surface area contributed by atoms with Crippen molar-refractivity contribution in [3.8, 4) is 0 Å². The lowest BCUT2D eigenvalue weighted by molar-refractivity contribution is -0.138. The van der Waals surface area contributed by atoms with Crippen molar-refractivity contribution in [2.75, 3.05) is 20.3 Å². The molecule has 0 bridgehead atoms. The summed E-state index contributed by atoms with van der Waals surface area (Å²) in [5.41, 5.74) is -0.620. The van der Waals surface area contributed by atoms with E-state index in [1.807, 2.05) is 7.05 Å². The average Bonchev–Trinajstić information content (AvgIpc) is 2.89. The van der Waals surface area contributed by atoms with Crippen LogP contribution in [0.2, 0.25) is 0 Å². The quantitative estimate of drug-likeness (QED) is 0.743. The largest absolute Gasteiger partial charge is 0.326 e. The van der Waals surface area contributed by atoms with E-state index in [1.165, 1.54) is 43.4 Å². The molecule has 1 aliphatic heterocycles. The lowest BCUT2D eigenvalue weighted by Gasteiger charge is -2.44. The first kappa shape index (κ1) is 18.7. The Balaban J connectivity index is 1.86. The molecule has 3 aliphatic rings. The summed E-state index contributed by atoms with van der Waals surface area (Å²) in [5, 5.41) is 3.26. The molecule has 25 heavy (non-hydrogen) atoms. The van der Waals surface area contributed by atoms with E-state index in [1.54, 1.807) is 0 Å². The molecule has 0 aromatic carbocycles. The summed E-state index contributed by atoms with van der Waals surface area (Å²) in [6, 6.07) is -0.163. The first-order valence-electron chi connectivity index (χ1n) is 10.4. The van der Waals surface area contributed by atoms with Gasteiger partial charge in [0.05, 0.1) is 6.67 Å². The fourth-order valence-electron chi connectivity index (χ4n) is 5.44. The van der Waals surface area contributed by atoms with Gasteiger partial charge in [-0.1, -0.05) is 45.4 Å². The Morgan fingerprint density at radius 2 is 1.52 bits per heavy atom. The fourth-order valence-corrected chi connectivity index (χ4v) is 5.44. The number of amides is 3. The van der Waals surface area contributed by atoms with Crippen LogP contribution in [-0.4, -0.2) is 47.5 Å². The third-order valence-electron chi connectivity index (χ3n) is 6.64. The van der Waals surface area contributed by atoms with E-state index in [-0.39, 0.29) is 11.9 Å². The normalized spacial score (nSPS) is 25.6. The molecule has 142 valence electrons. The lowest BCUT2D eigenvalue weighted by Crippen LogP contribution is -2.59. The summed E-state index contributed by atoms with van der Waals surface area (Å²) in [7, 11) is 1.99. The molecule has 5 nitrogen and oxygen atoms in total. The van der Waals surface area contributed by atoms with Gasteiger partial charge in [0.1, 0.15) is 5.54 Å². The van der Waals surface area contributed by atoms with Crippen LogP contribution in [0.4, 0.5) is 4.79 Å². The average molecular weight is 350 g/mol. The molecule has 1 N–H and O–H groups in total. The molecule has 0 aromatic rings. The second kappa shape index (κ2) is 8.07. The maximum absolute atomic E-state index is 13.6. The number of nitrogens with one attached hydrogen (secondary N) is 1. The molecule has 0 radical (unpaired) electrons. The van der Waals surface area contributed by atoms with Crippen LogP contribution in [0.25, 0.3) is 0 Å². The van der Waals surface area contributed by atoms with Crippen molar-refractivity contribution in [3.05, 3.63) is 0 Å². The number of hydrogen-bond acceptors (Lipinski definition) is 3. The van der Waals surface area contributed by atoms with Gasteiger partial charge in [-0.3, -0.25) is 9.69 Å². The highest BCUT2D eigenvalue weighted by molar-refractivity contribution is 6.07. The maximum atomic E-state index is 13.6. The molecule has 3 rings (SSSR count). The fraction of sp³-hybridized carbons (Fsp3) is 0.900. The van der Waals surface area contributed by atoms with Crippen LogP contribution < -0.4 is 5.32 Å². The predicted octanol–water partition coefficient (Wildman–Crippen LogP) is 3.74. The molecule has 1 saturated heterocycles. The molecule has 3 amide bonds. The van der Waals surface area contributed by atoms with Crippen molar-refractivity contribution < 1.29 is 9.59 Å². The SMILES string of the molecule is CCCN(C)CN1C(=O)NC(C2CCCCC2)(C2CCCCC2)C1=O. The summed E-state index contributed by atoms with van der Waals surface area (Å²) >= 11 is 0. The summed E-state index contributed by atoms with van der Waals surface area (Å²) < 4.78 is 0. The molecule has 5 heteroatoms. The number of nitrogens with zero attached hydrogens (tertiary/aromatic N) is 2. The first-order chi connectivity index (χ1) is 12.1. The Labute approximate surface area is 152 Å². The number of rotatable bonds is 6. The van der Waals surface area contributed by atoms with E-state index in [4.69, 9.17) is 0 Å². The number of urea groups is 1. The second-order valence-electron chi connectivity index (χ2n) is 8.42. The minimum absolute atomic E-state index is 0.0688. The molecule has 0 atom stereocenters. The molecule has 0 unspecified atom stereocenters. The van der Waals surface area contributed by atoms with Crippen LogP contribution in [0.1, 0.15) is 77.6 Å². The van der Waals surface area contributed by atoms with Crippen LogP contribution in [0.15, 0.2) is 0 Å². The summed E-state index contributed by atoms with van der Waals surface area (Å²) in [5.74, 6) is 0.712. The van der Waals surface area contributed by atoms with Gasteiger partial charge in [0.25, 0.3) is 5.91 Å². The Morgan fingerprint density at radius 1 is 1.00 bits per heavy atom. The molecular formula is C20H35N3O2. The smallest absolute Gasteiger partial charge is 0.322 e. The second-order valence-corrected chi connectivity index (χ2v) is 8.42. The molecule has 3 fully saturated rings. The molecule has 2 aliphatic carbocycles. The van der Waals surface area contributed by atoms with E-state index in [0.717, 1.165) is 38.6 Å². The van der Waals surface area contributed by atoms with Crippen molar-refractivity contribution in [2.24, 2.45) is 11.8 Å². The molecule has 0 aromatic heterocycles. The maximum Gasteiger partial charge on any atom is 0.326 e. The van der Waals surface area contributed by atoms with Gasteiger partial charge in [-0.15, -0.1) is 0 Å². The molecule has 0 spiro atoms. The summed E-state index contributed by atoms with van der Waals surface area (Å²) in [6.07, 6.45) is 12.7. The summed E-state index contributed by atoms with van der Waals surface area (Å²) in [4.78, 5) is 30.0. The lowest BCUT2D eigenvalue weighted by atomic mass is 9.64. The van der Waals surface area contributed by atoms with Crippen molar-refractivity contribution >= 4 is 11.9 Å². The van der Waals surface area contributed by atoms with Gasteiger partial charge in [-0.2, -0.15) is 0 Å². The molecule has 2 saturated carbocycles. The highest BCUT2D eigenvalue weighted by atomic mass is 16.2. The Morgan fingerprint density at radius 3 is 2.00 bits per heavy atom. The topological polar surface area (TPSA) is 52.6 Å². The summed E-state index contributed by atoms with van der Waals surface area (Å²) in [6.45, 7) is 3.44. The third-order valence-corrected chi connectivity index (χ3v) is 6.64. The highest BCUT2D eigenvalue weighted by Gasteiger charge is 2.59. The van der Waals surface area contributed by atoms with E-state index in [0.29, 0.717) is 18.5 Å². The van der Waals surface area contributed by atoms with Gasteiger partial charge >= 0.3 is 6.03 Å². The van der Waals surface area contributed by atoms with E-state index in [2.05, 4.69) is 17.1 Å². The van der Waals surface area contributed by atoms with Gasteiger partial charge in [0, 0.05) is 0 Å². The van der Waals surface area contributed by atoms with Crippen molar-refractivity contribution in [1.29, 1.82) is 0 Å². The van der Waals surface area contributed by atoms with Gasteiger partial charge < -0.3 is 5.32 Å². The van der Waals surface area contributed by atoms with Crippen LogP contribution in [0.3, 0.4) is 0 Å². The van der Waals surface area contributed by atoms with E-state index < -0.39 is 5.54 Å². The number of hydrogen-bond donors (Lipinski definition) is 1. The zero-order valence-electron chi connectivity index (χ0n) is 16.1. The predicted molar refractivity (Wildman–Crippen MR) is 99.0 cm³/mol. The van der Waals surface area contributed by atoms with Crippen molar-refractivity contribution in [2.45, 2.75) is 83.1 Å². The van der Waals surface area contributed by atoms with E-state index >= 15 is 0 Å². The van der Waals surface area contributed by atoms with E-state index in [9.17, 15) is 9.59 Å². The number of carbonyl (C=O) groups is 2. The van der Waals surface area contributed by atoms with Crippen molar-refractivity contribution in [1.82, 2.24) is 15.1 Å². The number of carbonyl (C=O) groups excluding carboxylic acids is 2. The Hall–Kier alpha value is -1.10. The minimum atomic E-state index is -0.620. The van der Waals surface area contributed by atoms with Crippen molar-refractivity contribution in [3.63, 3.8) is 0 Å². The number of imide groups is 1. The Bertz CT molecular complexity index is 463. The van der Waals surface area contributed by atoms with Gasteiger partial charge in [-0.05, 0) is 57.5 Å². The zero-order chi connectivity index (χ0) is 17.9. The molecule has 1 heterocycles. The van der Waals surface area contributed by atoms with Gasteiger partial charge in [0.2, 0.25) is 0 Å². The standard InChI is InChI=1S/C20H35N3O2/c1-3-14-22(2)15-23-18(24)20(21-19(23)25,16-10-6-4-7-11-16)17-12-8-5-9-13-17/h16-17H,3-15H2,1-2H3,(H,21,25). The zero-order valence-corrected chi connectivity index (χ0v) is 16.1. The van der Waals surface area contributed by atoms with Gasteiger partial charge in [-0.25, -0.2) is 9.69 Å². The minimum Gasteiger partial charge on any atom is -0.322 e.